The summed E-state index contributed by atoms with van der Waals surface area (Å²) in [6.07, 6.45) is -0.0923. The van der Waals surface area contributed by atoms with Gasteiger partial charge in [0.1, 0.15) is 11.5 Å². The molecular weight excluding hydrogens is 670 g/mol. The maximum atomic E-state index is 12.9. The van der Waals surface area contributed by atoms with Crippen LogP contribution < -0.4 is 24.8 Å². The van der Waals surface area contributed by atoms with E-state index in [-0.39, 0.29) is 30.8 Å². The predicted molar refractivity (Wildman–Crippen MR) is 204 cm³/mol. The van der Waals surface area contributed by atoms with Gasteiger partial charge in [-0.25, -0.2) is 4.79 Å². The number of nitrogens with zero attached hydrogens (tertiary/aromatic N) is 1. The van der Waals surface area contributed by atoms with Crippen LogP contribution in [0, 0.1) is 5.92 Å². The average molecular weight is 716 g/mol. The van der Waals surface area contributed by atoms with Gasteiger partial charge in [0.2, 0.25) is 0 Å². The van der Waals surface area contributed by atoms with Gasteiger partial charge in [-0.3, -0.25) is 4.90 Å². The zero-order valence-electron chi connectivity index (χ0n) is 30.2. The number of methoxy groups -OCH3 is 2. The molecule has 2 amide bonds. The van der Waals surface area contributed by atoms with Crippen molar-refractivity contribution in [3.05, 3.63) is 143 Å². The summed E-state index contributed by atoms with van der Waals surface area (Å²) >= 11 is 0. The van der Waals surface area contributed by atoms with E-state index in [1.165, 1.54) is 11.1 Å². The fraction of sp³-hybridized carbons (Fsp3) is 0.279. The number of hydrogen-bond acceptors (Lipinski definition) is 8. The van der Waals surface area contributed by atoms with Crippen LogP contribution in [0.1, 0.15) is 47.1 Å². The van der Waals surface area contributed by atoms with E-state index in [0.717, 1.165) is 60.0 Å². The Labute approximate surface area is 310 Å². The third-order valence-corrected chi connectivity index (χ3v) is 9.89. The van der Waals surface area contributed by atoms with Gasteiger partial charge in [0.05, 0.1) is 33.0 Å². The van der Waals surface area contributed by atoms with Gasteiger partial charge in [0.25, 0.3) is 0 Å². The molecule has 0 radical (unpaired) electrons. The molecule has 0 saturated carbocycles. The van der Waals surface area contributed by atoms with Crippen molar-refractivity contribution in [1.29, 1.82) is 0 Å². The van der Waals surface area contributed by atoms with Crippen molar-refractivity contribution in [3.63, 3.8) is 0 Å². The first-order chi connectivity index (χ1) is 25.9. The molecular formula is C43H45N3O7. The Bertz CT molecular complexity index is 1970. The average Bonchev–Trinajstić information content (AvgIpc) is 3.19. The number of aliphatic hydroxyl groups excluding tert-OH is 1. The Morgan fingerprint density at radius 3 is 2.02 bits per heavy atom. The zero-order valence-corrected chi connectivity index (χ0v) is 30.2. The van der Waals surface area contributed by atoms with Crippen molar-refractivity contribution in [1.82, 2.24) is 4.90 Å². The number of fused-ring (bicyclic) bond motifs is 1. The standard InChI is InChI=1S/C43H45N3O7/c1-28-40(26-46-22-21-32-23-38(49-2)39(50-3)24-33(32)25-46)52-42(53-41(28)30-11-9-29(27-47)10-12-30)31-13-15-34(16-14-31)44-43(48)45-35-17-19-37(20-18-35)51-36-7-5-4-6-8-36/h4-20,23-24,28,40-42,47H,21-22,25-27H2,1-3H3,(H2,44,45,48). The van der Waals surface area contributed by atoms with Gasteiger partial charge in [-0.15, -0.1) is 0 Å². The minimum atomic E-state index is -0.625. The number of carbonyl (C=O) groups excluding carboxylic acids is 1. The predicted octanol–water partition coefficient (Wildman–Crippen LogP) is 8.48. The summed E-state index contributed by atoms with van der Waals surface area (Å²) in [5.41, 5.74) is 6.49. The first-order valence-corrected chi connectivity index (χ1v) is 17.9. The Morgan fingerprint density at radius 2 is 1.38 bits per heavy atom. The number of ether oxygens (including phenoxy) is 5. The van der Waals surface area contributed by atoms with Crippen LogP contribution in [0.2, 0.25) is 0 Å². The van der Waals surface area contributed by atoms with Crippen LogP contribution in [0.25, 0.3) is 0 Å². The number of carbonyl (C=O) groups is 1. The maximum Gasteiger partial charge on any atom is 0.323 e. The van der Waals surface area contributed by atoms with Crippen LogP contribution in [0.3, 0.4) is 0 Å². The van der Waals surface area contributed by atoms with E-state index in [4.69, 9.17) is 23.7 Å². The van der Waals surface area contributed by atoms with Gasteiger partial charge in [-0.05, 0) is 89.3 Å². The van der Waals surface area contributed by atoms with Crippen LogP contribution in [-0.2, 0) is 29.0 Å². The lowest BCUT2D eigenvalue weighted by Crippen LogP contribution is -2.45. The number of rotatable bonds is 11. The maximum absolute atomic E-state index is 12.9. The lowest BCUT2D eigenvalue weighted by molar-refractivity contribution is -0.276. The number of amides is 2. The number of para-hydroxylation sites is 1. The van der Waals surface area contributed by atoms with Crippen molar-refractivity contribution in [2.75, 3.05) is 37.9 Å². The highest BCUT2D eigenvalue weighted by Gasteiger charge is 2.39. The summed E-state index contributed by atoms with van der Waals surface area (Å²) < 4.78 is 30.4. The number of benzene rings is 5. The zero-order chi connectivity index (χ0) is 36.7. The summed E-state index contributed by atoms with van der Waals surface area (Å²) in [5, 5.41) is 15.4. The van der Waals surface area contributed by atoms with Gasteiger partial charge < -0.3 is 39.4 Å². The molecule has 53 heavy (non-hydrogen) atoms. The smallest absolute Gasteiger partial charge is 0.323 e. The minimum Gasteiger partial charge on any atom is -0.493 e. The highest BCUT2D eigenvalue weighted by Crippen LogP contribution is 2.42. The van der Waals surface area contributed by atoms with Crippen LogP contribution in [0.15, 0.2) is 115 Å². The van der Waals surface area contributed by atoms with E-state index in [1.54, 1.807) is 26.4 Å². The van der Waals surface area contributed by atoms with E-state index in [9.17, 15) is 9.90 Å². The fourth-order valence-electron chi connectivity index (χ4n) is 6.93. The summed E-state index contributed by atoms with van der Waals surface area (Å²) in [5.74, 6) is 2.94. The molecule has 2 heterocycles. The molecule has 7 rings (SSSR count). The monoisotopic (exact) mass is 715 g/mol. The molecule has 10 nitrogen and oxygen atoms in total. The Morgan fingerprint density at radius 1 is 0.774 bits per heavy atom. The van der Waals surface area contributed by atoms with E-state index in [2.05, 4.69) is 34.6 Å². The molecule has 0 aliphatic carbocycles. The van der Waals surface area contributed by atoms with Crippen molar-refractivity contribution in [3.8, 4) is 23.0 Å². The molecule has 0 bridgehead atoms. The molecule has 2 aliphatic heterocycles. The van der Waals surface area contributed by atoms with E-state index < -0.39 is 6.29 Å². The van der Waals surface area contributed by atoms with Gasteiger partial charge in [-0.2, -0.15) is 0 Å². The van der Waals surface area contributed by atoms with Crippen molar-refractivity contribution in [2.24, 2.45) is 5.92 Å². The Balaban J connectivity index is 1.02. The van der Waals surface area contributed by atoms with Crippen LogP contribution in [-0.4, -0.2) is 49.5 Å². The third-order valence-electron chi connectivity index (χ3n) is 9.89. The first-order valence-electron chi connectivity index (χ1n) is 17.9. The number of nitrogens with one attached hydrogen (secondary N) is 2. The van der Waals surface area contributed by atoms with Gasteiger partial charge in [0, 0.05) is 42.5 Å². The minimum absolute atomic E-state index is 0.0167. The second kappa shape index (κ2) is 16.5. The van der Waals surface area contributed by atoms with E-state index in [1.807, 2.05) is 91.0 Å². The molecule has 1 fully saturated rings. The summed E-state index contributed by atoms with van der Waals surface area (Å²) in [6, 6.07) is 36.0. The molecule has 1 saturated heterocycles. The quantitative estimate of drug-likeness (QED) is 0.125. The van der Waals surface area contributed by atoms with Crippen molar-refractivity contribution < 1.29 is 33.6 Å². The normalized spacial score (nSPS) is 19.8. The third kappa shape index (κ3) is 8.64. The highest BCUT2D eigenvalue weighted by atomic mass is 16.7. The molecule has 10 heteroatoms. The highest BCUT2D eigenvalue weighted by molar-refractivity contribution is 5.99. The number of urea groups is 1. The van der Waals surface area contributed by atoms with E-state index in [0.29, 0.717) is 17.1 Å². The largest absolute Gasteiger partial charge is 0.493 e. The first kappa shape index (κ1) is 36.0. The molecule has 3 N–H and O–H groups in total. The van der Waals surface area contributed by atoms with Crippen LogP contribution in [0.5, 0.6) is 23.0 Å². The topological polar surface area (TPSA) is 111 Å². The molecule has 4 atom stereocenters. The summed E-state index contributed by atoms with van der Waals surface area (Å²) in [4.78, 5) is 15.3. The summed E-state index contributed by atoms with van der Waals surface area (Å²) in [6.45, 7) is 4.55. The van der Waals surface area contributed by atoms with Gasteiger partial charge >= 0.3 is 6.03 Å². The number of anilines is 2. The van der Waals surface area contributed by atoms with Crippen LogP contribution in [0.4, 0.5) is 16.2 Å². The molecule has 2 aliphatic rings. The Kier molecular flexibility index (Phi) is 11.2. The number of aliphatic hydroxyl groups is 1. The molecule has 5 aromatic rings. The number of hydrogen-bond donors (Lipinski definition) is 3. The fourth-order valence-corrected chi connectivity index (χ4v) is 6.93. The van der Waals surface area contributed by atoms with E-state index >= 15 is 0 Å². The van der Waals surface area contributed by atoms with Crippen LogP contribution >= 0.6 is 0 Å². The van der Waals surface area contributed by atoms with Crippen molar-refractivity contribution in [2.45, 2.75) is 45.0 Å². The lowest BCUT2D eigenvalue weighted by Gasteiger charge is -2.43. The lowest BCUT2D eigenvalue weighted by atomic mass is 9.89. The molecule has 0 spiro atoms. The summed E-state index contributed by atoms with van der Waals surface area (Å²) in [7, 11) is 3.33. The SMILES string of the molecule is COc1cc2c(cc1OC)CN(CC1OC(c3ccc(NC(=O)Nc4ccc(Oc5ccccc5)cc4)cc3)OC(c3ccc(CO)cc3)C1C)CC2. The molecule has 0 aromatic heterocycles. The Hall–Kier alpha value is -5.39. The second-order valence-corrected chi connectivity index (χ2v) is 13.4. The second-order valence-electron chi connectivity index (χ2n) is 13.4. The molecule has 274 valence electrons. The van der Waals surface area contributed by atoms with Crippen molar-refractivity contribution >= 4 is 17.4 Å². The van der Waals surface area contributed by atoms with Gasteiger partial charge in [0.15, 0.2) is 17.8 Å². The van der Waals surface area contributed by atoms with Gasteiger partial charge in [-0.1, -0.05) is 61.5 Å². The molecule has 5 aromatic carbocycles. The molecule has 4 unspecified atom stereocenters.